The molecule has 1 amide bonds. The Kier molecular flexibility index (Phi) is 6.07. The molecule has 0 aromatic carbocycles. The van der Waals surface area contributed by atoms with Crippen LogP contribution in [0, 0.1) is 0 Å². The predicted molar refractivity (Wildman–Crippen MR) is 65.9 cm³/mol. The van der Waals surface area contributed by atoms with Crippen LogP contribution < -0.4 is 10.6 Å². The number of carbonyl (C=O) groups excluding carboxylic acids is 2. The van der Waals surface area contributed by atoms with Gasteiger partial charge in [-0.2, -0.15) is 0 Å². The lowest BCUT2D eigenvalue weighted by molar-refractivity contribution is -0.144. The summed E-state index contributed by atoms with van der Waals surface area (Å²) in [6.07, 6.45) is 3.38. The van der Waals surface area contributed by atoms with Crippen LogP contribution >= 0.6 is 0 Å². The highest BCUT2D eigenvalue weighted by molar-refractivity contribution is 5.83. The van der Waals surface area contributed by atoms with E-state index in [0.29, 0.717) is 0 Å². The maximum absolute atomic E-state index is 11.5. The molecule has 0 saturated heterocycles. The van der Waals surface area contributed by atoms with Gasteiger partial charge in [-0.3, -0.25) is 4.79 Å². The molecule has 0 heterocycles. The fourth-order valence-corrected chi connectivity index (χ4v) is 2.20. The molecule has 0 aromatic rings. The summed E-state index contributed by atoms with van der Waals surface area (Å²) in [6, 6.07) is -0.721. The molecule has 6 heteroatoms. The summed E-state index contributed by atoms with van der Waals surface area (Å²) in [4.78, 5) is 22.5. The number of amides is 1. The summed E-state index contributed by atoms with van der Waals surface area (Å²) in [6.45, 7) is 1.62. The minimum absolute atomic E-state index is 0.0142. The van der Waals surface area contributed by atoms with Crippen molar-refractivity contribution in [2.45, 2.75) is 50.8 Å². The van der Waals surface area contributed by atoms with E-state index in [2.05, 4.69) is 15.4 Å². The van der Waals surface area contributed by atoms with Gasteiger partial charge >= 0.3 is 5.97 Å². The third-order valence-electron chi connectivity index (χ3n) is 3.18. The zero-order valence-corrected chi connectivity index (χ0v) is 10.9. The first-order chi connectivity index (χ1) is 8.54. The molecule has 1 rings (SSSR count). The van der Waals surface area contributed by atoms with E-state index in [-0.39, 0.29) is 24.6 Å². The number of ether oxygens (including phenoxy) is 1. The zero-order chi connectivity index (χ0) is 13.5. The Bertz CT molecular complexity index is 296. The van der Waals surface area contributed by atoms with Gasteiger partial charge in [-0.1, -0.05) is 12.8 Å². The largest absolute Gasteiger partial charge is 0.467 e. The van der Waals surface area contributed by atoms with Crippen molar-refractivity contribution in [1.29, 1.82) is 0 Å². The monoisotopic (exact) mass is 258 g/mol. The fourth-order valence-electron chi connectivity index (χ4n) is 2.20. The number of carbonyl (C=O) groups is 2. The molecular formula is C12H22N2O4. The molecule has 3 unspecified atom stereocenters. The maximum atomic E-state index is 11.5. The lowest BCUT2D eigenvalue weighted by Crippen LogP contribution is -2.52. The van der Waals surface area contributed by atoms with Gasteiger partial charge in [-0.25, -0.2) is 4.79 Å². The lowest BCUT2D eigenvalue weighted by atomic mass is 9.92. The van der Waals surface area contributed by atoms with Crippen LogP contribution in [0.4, 0.5) is 0 Å². The first-order valence-electron chi connectivity index (χ1n) is 6.31. The quantitative estimate of drug-likeness (QED) is 0.582. The zero-order valence-electron chi connectivity index (χ0n) is 10.9. The van der Waals surface area contributed by atoms with E-state index in [1.165, 1.54) is 14.0 Å². The second-order valence-corrected chi connectivity index (χ2v) is 4.64. The molecule has 18 heavy (non-hydrogen) atoms. The van der Waals surface area contributed by atoms with Crippen LogP contribution in [0.2, 0.25) is 0 Å². The number of aliphatic hydroxyl groups excluding tert-OH is 1. The molecule has 3 N–H and O–H groups in total. The molecule has 0 aromatic heterocycles. The SMILES string of the molecule is COC(=O)C(CNC1CCCCC1O)NC(C)=O. The van der Waals surface area contributed by atoms with Gasteiger partial charge in [0.1, 0.15) is 6.04 Å². The average Bonchev–Trinajstić information content (AvgIpc) is 2.34. The van der Waals surface area contributed by atoms with Crippen molar-refractivity contribution >= 4 is 11.9 Å². The van der Waals surface area contributed by atoms with Crippen molar-refractivity contribution < 1.29 is 19.4 Å². The van der Waals surface area contributed by atoms with Crippen molar-refractivity contribution in [1.82, 2.24) is 10.6 Å². The fraction of sp³-hybridized carbons (Fsp3) is 0.833. The predicted octanol–water partition coefficient (Wildman–Crippen LogP) is -0.443. The van der Waals surface area contributed by atoms with Crippen LogP contribution in [-0.2, 0) is 14.3 Å². The molecule has 1 aliphatic carbocycles. The van der Waals surface area contributed by atoms with Crippen LogP contribution in [0.3, 0.4) is 0 Å². The maximum Gasteiger partial charge on any atom is 0.329 e. The molecule has 0 radical (unpaired) electrons. The molecule has 0 spiro atoms. The summed E-state index contributed by atoms with van der Waals surface area (Å²) in [5.74, 6) is -0.764. The van der Waals surface area contributed by atoms with E-state index in [1.807, 2.05) is 0 Å². The van der Waals surface area contributed by atoms with Crippen molar-refractivity contribution in [2.75, 3.05) is 13.7 Å². The number of hydrogen-bond donors (Lipinski definition) is 3. The normalized spacial score (nSPS) is 25.3. The van der Waals surface area contributed by atoms with Gasteiger partial charge in [0.05, 0.1) is 13.2 Å². The van der Waals surface area contributed by atoms with Gasteiger partial charge in [0.2, 0.25) is 5.91 Å². The molecule has 3 atom stereocenters. The smallest absolute Gasteiger partial charge is 0.329 e. The third kappa shape index (κ3) is 4.62. The highest BCUT2D eigenvalue weighted by Crippen LogP contribution is 2.18. The highest BCUT2D eigenvalue weighted by Gasteiger charge is 2.26. The van der Waals surface area contributed by atoms with Crippen molar-refractivity contribution in [3.8, 4) is 0 Å². The topological polar surface area (TPSA) is 87.7 Å². The Morgan fingerprint density at radius 3 is 2.61 bits per heavy atom. The van der Waals surface area contributed by atoms with E-state index in [1.54, 1.807) is 0 Å². The molecule has 6 nitrogen and oxygen atoms in total. The molecule has 104 valence electrons. The van der Waals surface area contributed by atoms with E-state index < -0.39 is 12.0 Å². The van der Waals surface area contributed by atoms with Gasteiger partial charge < -0.3 is 20.5 Å². The second kappa shape index (κ2) is 7.33. The summed E-state index contributed by atoms with van der Waals surface area (Å²) in [5, 5.41) is 15.4. The number of esters is 1. The summed E-state index contributed by atoms with van der Waals surface area (Å²) >= 11 is 0. The van der Waals surface area contributed by atoms with Crippen LogP contribution in [0.1, 0.15) is 32.6 Å². The van der Waals surface area contributed by atoms with Crippen LogP contribution in [-0.4, -0.2) is 48.8 Å². The Hall–Kier alpha value is -1.14. The third-order valence-corrected chi connectivity index (χ3v) is 3.18. The van der Waals surface area contributed by atoms with E-state index in [4.69, 9.17) is 0 Å². The Morgan fingerprint density at radius 1 is 1.39 bits per heavy atom. The summed E-state index contributed by atoms with van der Waals surface area (Å²) in [7, 11) is 1.28. The number of hydrogen-bond acceptors (Lipinski definition) is 5. The minimum atomic E-state index is -0.707. The average molecular weight is 258 g/mol. The van der Waals surface area contributed by atoms with Gasteiger partial charge in [-0.05, 0) is 12.8 Å². The second-order valence-electron chi connectivity index (χ2n) is 4.64. The number of rotatable bonds is 5. The number of aliphatic hydroxyl groups is 1. The summed E-state index contributed by atoms with van der Waals surface area (Å²) in [5.41, 5.74) is 0. The lowest BCUT2D eigenvalue weighted by Gasteiger charge is -2.29. The van der Waals surface area contributed by atoms with Crippen molar-refractivity contribution in [2.24, 2.45) is 0 Å². The summed E-state index contributed by atoms with van der Waals surface area (Å²) < 4.78 is 4.62. The molecule has 1 saturated carbocycles. The molecular weight excluding hydrogens is 236 g/mol. The molecule has 1 aliphatic rings. The Balaban J connectivity index is 2.45. The van der Waals surface area contributed by atoms with Gasteiger partial charge in [-0.15, -0.1) is 0 Å². The van der Waals surface area contributed by atoms with Gasteiger partial charge in [0.15, 0.2) is 0 Å². The Labute approximate surface area is 107 Å². The van der Waals surface area contributed by atoms with Crippen molar-refractivity contribution in [3.63, 3.8) is 0 Å². The Morgan fingerprint density at radius 2 is 2.06 bits per heavy atom. The van der Waals surface area contributed by atoms with Crippen LogP contribution in [0.25, 0.3) is 0 Å². The van der Waals surface area contributed by atoms with Crippen molar-refractivity contribution in [3.05, 3.63) is 0 Å². The van der Waals surface area contributed by atoms with E-state index in [0.717, 1.165) is 25.7 Å². The standard InChI is InChI=1S/C12H22N2O4/c1-8(15)14-10(12(17)18-2)7-13-9-5-3-4-6-11(9)16/h9-11,13,16H,3-7H2,1-2H3,(H,14,15). The van der Waals surface area contributed by atoms with Gasteiger partial charge in [0.25, 0.3) is 0 Å². The number of nitrogens with one attached hydrogen (secondary N) is 2. The highest BCUT2D eigenvalue weighted by atomic mass is 16.5. The molecule has 1 fully saturated rings. The van der Waals surface area contributed by atoms with E-state index in [9.17, 15) is 14.7 Å². The van der Waals surface area contributed by atoms with Gasteiger partial charge in [0, 0.05) is 19.5 Å². The molecule has 0 aliphatic heterocycles. The molecule has 0 bridgehead atoms. The number of methoxy groups -OCH3 is 1. The van der Waals surface area contributed by atoms with E-state index >= 15 is 0 Å². The van der Waals surface area contributed by atoms with Crippen LogP contribution in [0.5, 0.6) is 0 Å². The first-order valence-corrected chi connectivity index (χ1v) is 6.31. The minimum Gasteiger partial charge on any atom is -0.467 e. The van der Waals surface area contributed by atoms with Crippen LogP contribution in [0.15, 0.2) is 0 Å². The first kappa shape index (κ1) is 14.9.